The molecule has 0 aliphatic heterocycles. The third kappa shape index (κ3) is 5.05. The largest absolute Gasteiger partial charge is 0.426 e. The van der Waals surface area contributed by atoms with Gasteiger partial charge in [0, 0.05) is 0 Å². The van der Waals surface area contributed by atoms with E-state index in [0.717, 1.165) is 18.2 Å². The quantitative estimate of drug-likeness (QED) is 0.553. The summed E-state index contributed by atoms with van der Waals surface area (Å²) < 4.78 is 61.7. The maximum Gasteiger partial charge on any atom is 0.426 e. The summed E-state index contributed by atoms with van der Waals surface area (Å²) >= 11 is 5.76. The average Bonchev–Trinajstić information content (AvgIpc) is 2.47. The first-order valence-electron chi connectivity index (χ1n) is 6.64. The van der Waals surface area contributed by atoms with Crippen LogP contribution in [-0.2, 0) is 14.6 Å². The molecule has 0 spiro atoms. The number of alkyl halides is 3. The molecule has 4 N–H and O–H groups in total. The summed E-state index contributed by atoms with van der Waals surface area (Å²) in [6, 6.07) is 2.74. The van der Waals surface area contributed by atoms with Gasteiger partial charge in [0.2, 0.25) is 5.60 Å². The molecule has 0 radical (unpaired) electrons. The van der Waals surface area contributed by atoms with Crippen molar-refractivity contribution in [2.75, 3.05) is 17.7 Å². The highest BCUT2D eigenvalue weighted by molar-refractivity contribution is 7.91. The number of rotatable bonds is 6. The molecule has 142 valence electrons. The number of sulfone groups is 1. The Morgan fingerprint density at radius 2 is 1.92 bits per heavy atom. The van der Waals surface area contributed by atoms with Crippen LogP contribution in [-0.4, -0.2) is 59.9 Å². The Hall–Kier alpha value is -1.40. The van der Waals surface area contributed by atoms with Crippen LogP contribution in [0.4, 0.5) is 18.9 Å². The fourth-order valence-electron chi connectivity index (χ4n) is 1.57. The molecule has 2 atom stereocenters. The van der Waals surface area contributed by atoms with E-state index in [9.17, 15) is 36.6 Å². The van der Waals surface area contributed by atoms with Crippen LogP contribution in [0.2, 0.25) is 5.02 Å². The molecule has 0 saturated heterocycles. The maximum atomic E-state index is 12.6. The zero-order valence-electron chi connectivity index (χ0n) is 12.7. The van der Waals surface area contributed by atoms with E-state index in [-0.39, 0.29) is 17.5 Å². The molecule has 1 rings (SSSR count). The third-order valence-corrected chi connectivity index (χ3v) is 5.27. The first-order chi connectivity index (χ1) is 11.2. The maximum absolute atomic E-state index is 12.6. The third-order valence-electron chi connectivity index (χ3n) is 3.16. The molecule has 25 heavy (non-hydrogen) atoms. The van der Waals surface area contributed by atoms with E-state index in [1.165, 1.54) is 0 Å². The van der Waals surface area contributed by atoms with Crippen molar-refractivity contribution < 1.29 is 41.7 Å². The van der Waals surface area contributed by atoms with Crippen molar-refractivity contribution in [3.63, 3.8) is 0 Å². The minimum atomic E-state index is -5.23. The first-order valence-corrected chi connectivity index (χ1v) is 8.67. The van der Waals surface area contributed by atoms with E-state index in [0.29, 0.717) is 0 Å². The summed E-state index contributed by atoms with van der Waals surface area (Å²) in [4.78, 5) is 11.2. The molecule has 0 fully saturated rings. The Kier molecular flexibility index (Phi) is 6.46. The van der Waals surface area contributed by atoms with Crippen LogP contribution >= 0.6 is 11.6 Å². The van der Waals surface area contributed by atoms with Gasteiger partial charge in [0.1, 0.15) is 0 Å². The smallest absolute Gasteiger partial charge is 0.394 e. The zero-order valence-corrected chi connectivity index (χ0v) is 14.3. The molecule has 1 amide bonds. The molecule has 0 heterocycles. The lowest BCUT2D eigenvalue weighted by Gasteiger charge is -2.25. The van der Waals surface area contributed by atoms with Gasteiger partial charge >= 0.3 is 6.18 Å². The number of nitrogens with one attached hydrogen (secondary N) is 1. The van der Waals surface area contributed by atoms with E-state index in [1.807, 2.05) is 0 Å². The van der Waals surface area contributed by atoms with Crippen LogP contribution in [0.15, 0.2) is 23.1 Å². The first kappa shape index (κ1) is 21.6. The fraction of sp³-hybridized carbons (Fsp3) is 0.462. The Morgan fingerprint density at radius 1 is 1.36 bits per heavy atom. The highest BCUT2D eigenvalue weighted by Crippen LogP contribution is 2.32. The number of halogens is 4. The number of carbonyl (C=O) groups excluding carboxylic acids is 1. The van der Waals surface area contributed by atoms with E-state index >= 15 is 0 Å². The SMILES string of the molecule is CC(O)(C(=O)Nc1ccc(S(=O)(=O)CC(O)CO)cc1Cl)C(F)(F)F. The van der Waals surface area contributed by atoms with Gasteiger partial charge in [0.05, 0.1) is 34.1 Å². The van der Waals surface area contributed by atoms with E-state index < -0.39 is 51.0 Å². The second-order valence-corrected chi connectivity index (χ2v) is 7.72. The Bertz CT molecular complexity index is 751. The van der Waals surface area contributed by atoms with Crippen molar-refractivity contribution in [3.8, 4) is 0 Å². The van der Waals surface area contributed by atoms with Crippen LogP contribution in [0, 0.1) is 0 Å². The van der Waals surface area contributed by atoms with Crippen molar-refractivity contribution in [1.82, 2.24) is 0 Å². The molecule has 0 saturated carbocycles. The van der Waals surface area contributed by atoms with Crippen molar-refractivity contribution in [1.29, 1.82) is 0 Å². The Labute approximate surface area is 146 Å². The number of aliphatic hydroxyl groups excluding tert-OH is 2. The lowest BCUT2D eigenvalue weighted by molar-refractivity contribution is -0.242. The fourth-order valence-corrected chi connectivity index (χ4v) is 3.24. The monoisotopic (exact) mass is 405 g/mol. The number of benzene rings is 1. The number of amides is 1. The zero-order chi connectivity index (χ0) is 19.6. The van der Waals surface area contributed by atoms with Crippen LogP contribution < -0.4 is 5.32 Å². The number of hydrogen-bond donors (Lipinski definition) is 4. The lowest BCUT2D eigenvalue weighted by atomic mass is 10.1. The van der Waals surface area contributed by atoms with Gasteiger partial charge in [-0.15, -0.1) is 0 Å². The van der Waals surface area contributed by atoms with Gasteiger partial charge in [0.25, 0.3) is 5.91 Å². The van der Waals surface area contributed by atoms with Crippen molar-refractivity contribution in [2.45, 2.75) is 29.7 Å². The van der Waals surface area contributed by atoms with Gasteiger partial charge in [-0.1, -0.05) is 11.6 Å². The minimum absolute atomic E-state index is 0.255. The van der Waals surface area contributed by atoms with E-state index in [4.69, 9.17) is 16.7 Å². The highest BCUT2D eigenvalue weighted by Gasteiger charge is 2.55. The van der Waals surface area contributed by atoms with Gasteiger partial charge < -0.3 is 20.6 Å². The molecule has 7 nitrogen and oxygen atoms in total. The summed E-state index contributed by atoms with van der Waals surface area (Å²) in [5.41, 5.74) is -4.02. The van der Waals surface area contributed by atoms with Gasteiger partial charge in [-0.05, 0) is 25.1 Å². The number of hydrogen-bond acceptors (Lipinski definition) is 6. The summed E-state index contributed by atoms with van der Waals surface area (Å²) in [5, 5.41) is 28.5. The lowest BCUT2D eigenvalue weighted by Crippen LogP contribution is -2.52. The summed E-state index contributed by atoms with van der Waals surface area (Å²) in [6.45, 7) is -0.529. The van der Waals surface area contributed by atoms with Crippen molar-refractivity contribution in [3.05, 3.63) is 23.2 Å². The van der Waals surface area contributed by atoms with Crippen molar-refractivity contribution in [2.24, 2.45) is 0 Å². The molecule has 0 aliphatic carbocycles. The predicted octanol–water partition coefficient (Wildman–Crippen LogP) is 0.719. The number of aliphatic hydroxyl groups is 3. The molecular weight excluding hydrogens is 391 g/mol. The summed E-state index contributed by atoms with van der Waals surface area (Å²) in [5.74, 6) is -2.60. The van der Waals surface area contributed by atoms with E-state index in [1.54, 1.807) is 5.32 Å². The molecule has 0 bridgehead atoms. The van der Waals surface area contributed by atoms with E-state index in [2.05, 4.69) is 0 Å². The molecule has 2 unspecified atom stereocenters. The molecule has 1 aromatic rings. The molecule has 0 aromatic heterocycles. The minimum Gasteiger partial charge on any atom is -0.394 e. The number of carbonyl (C=O) groups is 1. The van der Waals surface area contributed by atoms with Crippen LogP contribution in [0.5, 0.6) is 0 Å². The average molecular weight is 406 g/mol. The number of anilines is 1. The standard InChI is InChI=1S/C13H15ClF3NO6S/c1-12(22,13(15,16)17)11(21)18-10-3-2-8(4-9(10)14)25(23,24)6-7(20)5-19/h2-4,7,19-20,22H,5-6H2,1H3,(H,18,21). The van der Waals surface area contributed by atoms with Crippen LogP contribution in [0.3, 0.4) is 0 Å². The van der Waals surface area contributed by atoms with Gasteiger partial charge in [-0.25, -0.2) is 8.42 Å². The van der Waals surface area contributed by atoms with Gasteiger partial charge in [-0.3, -0.25) is 4.79 Å². The van der Waals surface area contributed by atoms with Crippen LogP contribution in [0.1, 0.15) is 6.92 Å². The topological polar surface area (TPSA) is 124 Å². The Balaban J connectivity index is 3.06. The predicted molar refractivity (Wildman–Crippen MR) is 81.9 cm³/mol. The molecule has 0 aliphatic rings. The molecule has 1 aromatic carbocycles. The van der Waals surface area contributed by atoms with Crippen molar-refractivity contribution >= 4 is 33.0 Å². The highest BCUT2D eigenvalue weighted by atomic mass is 35.5. The molecular formula is C13H15ClF3NO6S. The van der Waals surface area contributed by atoms with Crippen LogP contribution in [0.25, 0.3) is 0 Å². The summed E-state index contributed by atoms with van der Waals surface area (Å²) in [7, 11) is -4.03. The second kappa shape index (κ2) is 7.46. The summed E-state index contributed by atoms with van der Waals surface area (Å²) in [6.07, 6.45) is -6.75. The second-order valence-electron chi connectivity index (χ2n) is 5.28. The molecule has 12 heteroatoms. The van der Waals surface area contributed by atoms with Gasteiger partial charge in [0.15, 0.2) is 9.84 Å². The normalized spacial score (nSPS) is 16.2. The van der Waals surface area contributed by atoms with Gasteiger partial charge in [-0.2, -0.15) is 13.2 Å². The Morgan fingerprint density at radius 3 is 2.36 bits per heavy atom.